The summed E-state index contributed by atoms with van der Waals surface area (Å²) in [5.41, 5.74) is 4.49. The molecule has 0 bridgehead atoms. The second kappa shape index (κ2) is 18.7. The van der Waals surface area contributed by atoms with Crippen LogP contribution in [0, 0.1) is 0 Å². The molecule has 14 heteroatoms. The fraction of sp³-hybridized carbons (Fsp3) is 0.380. The molecule has 5 heterocycles. The number of carbonyl (C=O) groups is 4. The van der Waals surface area contributed by atoms with Crippen LogP contribution in [0.25, 0.3) is 10.9 Å². The van der Waals surface area contributed by atoms with E-state index in [9.17, 15) is 24.3 Å². The maximum absolute atomic E-state index is 14.8. The van der Waals surface area contributed by atoms with Crippen molar-refractivity contribution >= 4 is 46.0 Å². The van der Waals surface area contributed by atoms with Gasteiger partial charge in [0.15, 0.2) is 0 Å². The van der Waals surface area contributed by atoms with E-state index in [4.69, 9.17) is 4.98 Å². The number of hydrazine groups is 1. The number of phenolic OH excluding ortho intramolecular Hbond substituents is 1. The molecule has 64 heavy (non-hydrogen) atoms. The molecular weight excluding hydrogens is 807 g/mol. The monoisotopic (exact) mass is 863 g/mol. The number of aryl methyl sites for hydroxylation is 2. The number of nitrogens with one attached hydrogen (secondary N) is 1. The van der Waals surface area contributed by atoms with Gasteiger partial charge in [-0.25, -0.2) is 15.0 Å². The number of benzene rings is 3. The predicted octanol–water partition coefficient (Wildman–Crippen LogP) is 5.58. The summed E-state index contributed by atoms with van der Waals surface area (Å²) in [5.74, 6) is 0.0762. The molecule has 332 valence electrons. The highest BCUT2D eigenvalue weighted by Gasteiger charge is 2.51. The average Bonchev–Trinajstić information content (AvgIpc) is 3.98. The van der Waals surface area contributed by atoms with Crippen molar-refractivity contribution in [3.63, 3.8) is 0 Å². The molecule has 5 aromatic rings. The van der Waals surface area contributed by atoms with Gasteiger partial charge in [-0.1, -0.05) is 79.6 Å². The third-order valence-electron chi connectivity index (χ3n) is 13.4. The summed E-state index contributed by atoms with van der Waals surface area (Å²) in [6.07, 6.45) is 10.6. The fourth-order valence-electron chi connectivity index (χ4n) is 10.3. The van der Waals surface area contributed by atoms with E-state index >= 15 is 0 Å². The molecular formula is C50H57N9O5. The van der Waals surface area contributed by atoms with Crippen molar-refractivity contribution in [3.05, 3.63) is 132 Å². The zero-order valence-corrected chi connectivity index (χ0v) is 36.5. The van der Waals surface area contributed by atoms with Gasteiger partial charge in [-0.15, -0.1) is 6.58 Å². The van der Waals surface area contributed by atoms with Gasteiger partial charge in [0.05, 0.1) is 36.1 Å². The molecule has 3 aliphatic heterocycles. The minimum absolute atomic E-state index is 0.0781. The van der Waals surface area contributed by atoms with Crippen LogP contribution in [0.2, 0.25) is 0 Å². The first-order chi connectivity index (χ1) is 31.1. The molecule has 1 aliphatic carbocycles. The number of carbonyl (C=O) groups excluding carboxylic acids is 4. The third-order valence-corrected chi connectivity index (χ3v) is 13.4. The zero-order chi connectivity index (χ0) is 44.3. The molecule has 4 aliphatic rings. The summed E-state index contributed by atoms with van der Waals surface area (Å²) in [6.45, 7) is 8.32. The molecule has 0 unspecified atom stereocenters. The minimum Gasteiger partial charge on any atom is -0.508 e. The standard InChI is InChI=1S/C50H57N9O5/c1-3-24-57-34-47(62)58-43(29-36-16-20-40(60)21-17-36)50(64)56(33-45(58)59(57)46(61)23-18-35-10-5-4-6-11-35)31-37-12-9-15-41-42(32-53(2)48(37)41)49(63)52-38-19-22-44(51-30-38)55-27-25-54(26-28-55)39-13-7-8-14-39/h3-6,9-12,15-17,19-22,30,32,39,43,45,60H,1,7-8,13-14,18,23-29,31,33-34H2,2H3,(H,52,63)/t43-,45-/m0/s1. The first-order valence-electron chi connectivity index (χ1n) is 22.6. The van der Waals surface area contributed by atoms with Gasteiger partial charge in [-0.05, 0) is 60.2 Å². The number of hydrogen-bond donors (Lipinski definition) is 2. The van der Waals surface area contributed by atoms with Crippen LogP contribution in [0.1, 0.15) is 59.2 Å². The molecule has 2 N–H and O–H groups in total. The van der Waals surface area contributed by atoms with Crippen LogP contribution in [-0.2, 0) is 40.8 Å². The van der Waals surface area contributed by atoms with Crippen molar-refractivity contribution in [1.82, 2.24) is 34.3 Å². The average molecular weight is 864 g/mol. The van der Waals surface area contributed by atoms with E-state index in [0.29, 0.717) is 17.7 Å². The lowest BCUT2D eigenvalue weighted by Crippen LogP contribution is -2.75. The van der Waals surface area contributed by atoms with Crippen LogP contribution in [0.4, 0.5) is 11.5 Å². The molecule has 2 aromatic heterocycles. The number of pyridine rings is 1. The smallest absolute Gasteiger partial charge is 0.257 e. The van der Waals surface area contributed by atoms with Gasteiger partial charge in [-0.2, -0.15) is 0 Å². The first kappa shape index (κ1) is 42.8. The summed E-state index contributed by atoms with van der Waals surface area (Å²) in [6, 6.07) is 25.9. The Morgan fingerprint density at radius 2 is 1.67 bits per heavy atom. The van der Waals surface area contributed by atoms with E-state index in [1.807, 2.05) is 78.5 Å². The van der Waals surface area contributed by atoms with Crippen LogP contribution in [0.3, 0.4) is 0 Å². The van der Waals surface area contributed by atoms with E-state index < -0.39 is 12.2 Å². The first-order valence-corrected chi connectivity index (χ1v) is 22.6. The molecule has 0 radical (unpaired) electrons. The number of aromatic nitrogens is 2. The van der Waals surface area contributed by atoms with Crippen LogP contribution in [-0.4, -0.2) is 127 Å². The number of piperazine rings is 2. The fourth-order valence-corrected chi connectivity index (χ4v) is 10.3. The summed E-state index contributed by atoms with van der Waals surface area (Å²) in [5, 5.41) is 17.2. The Morgan fingerprint density at radius 1 is 0.906 bits per heavy atom. The van der Waals surface area contributed by atoms with Crippen molar-refractivity contribution in [2.45, 2.75) is 69.7 Å². The largest absolute Gasteiger partial charge is 0.508 e. The molecule has 2 atom stereocenters. The normalized spacial score (nSPS) is 20.0. The van der Waals surface area contributed by atoms with Crippen LogP contribution >= 0.6 is 0 Å². The van der Waals surface area contributed by atoms with E-state index in [-0.39, 0.29) is 68.4 Å². The Balaban J connectivity index is 0.959. The number of fused-ring (bicyclic) bond motifs is 2. The number of anilines is 2. The molecule has 4 fully saturated rings. The van der Waals surface area contributed by atoms with Gasteiger partial charge in [0.1, 0.15) is 23.8 Å². The highest BCUT2D eigenvalue weighted by atomic mass is 16.3. The number of aromatic hydroxyl groups is 1. The van der Waals surface area contributed by atoms with Crippen molar-refractivity contribution in [3.8, 4) is 5.75 Å². The molecule has 4 amide bonds. The SMILES string of the molecule is C=CCN1CC(=O)N2[C@@H](Cc3ccc(O)cc3)C(=O)N(Cc3cccc4c(C(=O)Nc5ccc(N6CCN(C7CCCC7)CC6)nc5)cn(C)c34)C[C@@H]2N1C(=O)CCc1ccccc1. The highest BCUT2D eigenvalue weighted by Crippen LogP contribution is 2.33. The topological polar surface area (TPSA) is 138 Å². The Morgan fingerprint density at radius 3 is 2.39 bits per heavy atom. The molecule has 14 nitrogen and oxygen atoms in total. The van der Waals surface area contributed by atoms with E-state index in [1.165, 1.54) is 25.7 Å². The van der Waals surface area contributed by atoms with E-state index in [2.05, 4.69) is 21.7 Å². The molecule has 9 rings (SSSR count). The van der Waals surface area contributed by atoms with Gasteiger partial charge in [0, 0.05) is 76.8 Å². The predicted molar refractivity (Wildman–Crippen MR) is 246 cm³/mol. The maximum atomic E-state index is 14.8. The van der Waals surface area contributed by atoms with Gasteiger partial charge in [0.2, 0.25) is 17.7 Å². The van der Waals surface area contributed by atoms with Crippen LogP contribution in [0.15, 0.2) is 110 Å². The second-order valence-electron chi connectivity index (χ2n) is 17.5. The number of rotatable bonds is 13. The summed E-state index contributed by atoms with van der Waals surface area (Å²) >= 11 is 0. The van der Waals surface area contributed by atoms with Crippen molar-refractivity contribution in [2.75, 3.05) is 56.0 Å². The van der Waals surface area contributed by atoms with Crippen LogP contribution in [0.5, 0.6) is 5.75 Å². The molecule has 3 aromatic carbocycles. The lowest BCUT2D eigenvalue weighted by Gasteiger charge is -2.55. The van der Waals surface area contributed by atoms with Crippen molar-refractivity contribution in [2.24, 2.45) is 7.05 Å². The Labute approximate surface area is 374 Å². The van der Waals surface area contributed by atoms with Crippen molar-refractivity contribution < 1.29 is 24.3 Å². The van der Waals surface area contributed by atoms with Gasteiger partial charge in [0.25, 0.3) is 5.91 Å². The number of nitrogens with zero attached hydrogens (tertiary/aromatic N) is 8. The molecule has 0 spiro atoms. The van der Waals surface area contributed by atoms with E-state index in [0.717, 1.165) is 65.6 Å². The van der Waals surface area contributed by atoms with Gasteiger partial charge >= 0.3 is 0 Å². The zero-order valence-electron chi connectivity index (χ0n) is 36.5. The number of hydrogen-bond acceptors (Lipinski definition) is 9. The third kappa shape index (κ3) is 8.84. The van der Waals surface area contributed by atoms with Crippen LogP contribution < -0.4 is 10.2 Å². The molecule has 1 saturated carbocycles. The molecule has 3 saturated heterocycles. The van der Waals surface area contributed by atoms with Gasteiger partial charge in [-0.3, -0.25) is 24.1 Å². The Kier molecular flexibility index (Phi) is 12.5. The summed E-state index contributed by atoms with van der Waals surface area (Å²) < 4.78 is 1.91. The lowest BCUT2D eigenvalue weighted by molar-refractivity contribution is -0.205. The number of para-hydroxylation sites is 1. The second-order valence-corrected chi connectivity index (χ2v) is 17.5. The van der Waals surface area contributed by atoms with Crippen molar-refractivity contribution in [1.29, 1.82) is 0 Å². The quantitative estimate of drug-likeness (QED) is 0.145. The maximum Gasteiger partial charge on any atom is 0.257 e. The Hall–Kier alpha value is -6.51. The van der Waals surface area contributed by atoms with E-state index in [1.54, 1.807) is 56.4 Å². The Bertz CT molecular complexity index is 2490. The minimum atomic E-state index is -0.915. The lowest BCUT2D eigenvalue weighted by atomic mass is 9.97. The highest BCUT2D eigenvalue weighted by molar-refractivity contribution is 6.13. The summed E-state index contributed by atoms with van der Waals surface area (Å²) in [7, 11) is 1.89. The summed E-state index contributed by atoms with van der Waals surface area (Å²) in [4.78, 5) is 70.3. The number of amides is 4. The van der Waals surface area contributed by atoms with Gasteiger partial charge < -0.3 is 29.7 Å². The number of phenols is 1.